The molecule has 1 unspecified atom stereocenters. The minimum atomic E-state index is -0.185. The molecule has 1 N–H and O–H groups in total. The van der Waals surface area contributed by atoms with Crippen LogP contribution in [0.5, 0.6) is 0 Å². The Morgan fingerprint density at radius 1 is 1.23 bits per heavy atom. The summed E-state index contributed by atoms with van der Waals surface area (Å²) in [6, 6.07) is 5.27. The van der Waals surface area contributed by atoms with E-state index in [2.05, 4.69) is 5.32 Å². The zero-order valence-electron chi connectivity index (χ0n) is 12.5. The number of allylic oxidation sites excluding steroid dienone is 4. The average molecular weight is 315 g/mol. The topological polar surface area (TPSA) is 29.1 Å². The molecule has 0 spiro atoms. The van der Waals surface area contributed by atoms with Gasteiger partial charge in [0.2, 0.25) is 0 Å². The van der Waals surface area contributed by atoms with Crippen LogP contribution in [0.25, 0.3) is 0 Å². The predicted molar refractivity (Wildman–Crippen MR) is 87.0 cm³/mol. The lowest BCUT2D eigenvalue weighted by molar-refractivity contribution is -0.116. The highest BCUT2D eigenvalue weighted by Crippen LogP contribution is 2.50. The van der Waals surface area contributed by atoms with E-state index in [1.54, 1.807) is 6.92 Å². The van der Waals surface area contributed by atoms with Crippen molar-refractivity contribution in [1.82, 2.24) is 5.32 Å². The molecular weight excluding hydrogens is 297 g/mol. The Bertz CT molecular complexity index is 735. The third-order valence-corrected chi connectivity index (χ3v) is 5.93. The Balaban J connectivity index is 1.87. The number of hydrogen-bond acceptors (Lipinski definition) is 3. The molecule has 0 aromatic heterocycles. The second-order valence-electron chi connectivity index (χ2n) is 6.18. The summed E-state index contributed by atoms with van der Waals surface area (Å²) < 4.78 is 13.6. The van der Waals surface area contributed by atoms with E-state index >= 15 is 0 Å². The number of rotatable bonds is 1. The lowest BCUT2D eigenvalue weighted by Gasteiger charge is -2.33. The molecule has 0 radical (unpaired) electrons. The molecule has 4 heteroatoms. The first-order valence-corrected chi connectivity index (χ1v) is 8.79. The van der Waals surface area contributed by atoms with Crippen LogP contribution < -0.4 is 5.32 Å². The monoisotopic (exact) mass is 315 g/mol. The number of ketones is 1. The number of hydrogen-bond donors (Lipinski definition) is 1. The summed E-state index contributed by atoms with van der Waals surface area (Å²) >= 11 is 1.83. The summed E-state index contributed by atoms with van der Waals surface area (Å²) in [5, 5.41) is 3.52. The van der Waals surface area contributed by atoms with E-state index in [0.29, 0.717) is 12.0 Å². The van der Waals surface area contributed by atoms with Crippen LogP contribution in [0.3, 0.4) is 0 Å². The molecule has 22 heavy (non-hydrogen) atoms. The van der Waals surface area contributed by atoms with E-state index in [4.69, 9.17) is 0 Å². The molecular formula is C18H18FNOS. The third-order valence-electron chi connectivity index (χ3n) is 4.73. The zero-order valence-corrected chi connectivity index (χ0v) is 13.4. The Hall–Kier alpha value is -1.55. The van der Waals surface area contributed by atoms with Crippen molar-refractivity contribution in [2.45, 2.75) is 38.5 Å². The van der Waals surface area contributed by atoms with Crippen LogP contribution in [0.2, 0.25) is 0 Å². The standard InChI is InChI=1S/C18H18FNOS/c1-10-9-11(5-6-12(10)19)16-17-13(3-2-4-15(17)21)20-14-7-8-22-18(14)16/h5-6,9,16,20H,2-4,7-8H2,1H3. The van der Waals surface area contributed by atoms with Crippen LogP contribution in [-0.4, -0.2) is 11.5 Å². The highest BCUT2D eigenvalue weighted by molar-refractivity contribution is 8.03. The van der Waals surface area contributed by atoms with E-state index in [-0.39, 0.29) is 17.5 Å². The first kappa shape index (κ1) is 14.1. The Labute approximate surface area is 133 Å². The molecule has 0 amide bonds. The molecule has 2 nitrogen and oxygen atoms in total. The van der Waals surface area contributed by atoms with E-state index in [9.17, 15) is 9.18 Å². The van der Waals surface area contributed by atoms with Gasteiger partial charge in [-0.2, -0.15) is 0 Å². The first-order valence-electron chi connectivity index (χ1n) is 7.80. The number of thioether (sulfide) groups is 1. The van der Waals surface area contributed by atoms with Crippen molar-refractivity contribution in [2.75, 3.05) is 5.75 Å². The van der Waals surface area contributed by atoms with E-state index < -0.39 is 0 Å². The predicted octanol–water partition coefficient (Wildman–Crippen LogP) is 4.18. The van der Waals surface area contributed by atoms with Crippen LogP contribution in [0.15, 0.2) is 40.1 Å². The number of nitrogens with one attached hydrogen (secondary N) is 1. The molecule has 4 rings (SSSR count). The summed E-state index contributed by atoms with van der Waals surface area (Å²) in [5.74, 6) is 1.13. The van der Waals surface area contributed by atoms with Gasteiger partial charge in [-0.25, -0.2) is 4.39 Å². The number of benzene rings is 1. The van der Waals surface area contributed by atoms with Gasteiger partial charge in [0.25, 0.3) is 0 Å². The third kappa shape index (κ3) is 2.12. The molecule has 1 atom stereocenters. The normalized spacial score (nSPS) is 24.3. The fourth-order valence-corrected chi connectivity index (χ4v) is 4.94. The summed E-state index contributed by atoms with van der Waals surface area (Å²) in [7, 11) is 0. The lowest BCUT2D eigenvalue weighted by Crippen LogP contribution is -2.30. The van der Waals surface area contributed by atoms with Gasteiger partial charge < -0.3 is 5.32 Å². The van der Waals surface area contributed by atoms with Gasteiger partial charge in [-0.3, -0.25) is 4.79 Å². The van der Waals surface area contributed by atoms with Crippen molar-refractivity contribution >= 4 is 17.5 Å². The number of aryl methyl sites for hydroxylation is 1. The van der Waals surface area contributed by atoms with Gasteiger partial charge in [0.15, 0.2) is 5.78 Å². The summed E-state index contributed by atoms with van der Waals surface area (Å²) in [6.45, 7) is 1.79. The van der Waals surface area contributed by atoms with Crippen LogP contribution in [0, 0.1) is 12.7 Å². The van der Waals surface area contributed by atoms with Gasteiger partial charge in [-0.15, -0.1) is 11.8 Å². The number of Topliss-reactive ketones (excluding diaryl/α,β-unsaturated/α-hetero) is 1. The van der Waals surface area contributed by atoms with E-state index in [0.717, 1.165) is 41.8 Å². The van der Waals surface area contributed by atoms with Crippen molar-refractivity contribution in [1.29, 1.82) is 0 Å². The molecule has 114 valence electrons. The molecule has 0 bridgehead atoms. The van der Waals surface area contributed by atoms with Crippen molar-refractivity contribution < 1.29 is 9.18 Å². The number of carbonyl (C=O) groups excluding carboxylic acids is 1. The molecule has 1 aromatic rings. The molecule has 1 aliphatic carbocycles. The quantitative estimate of drug-likeness (QED) is 0.843. The SMILES string of the molecule is Cc1cc(C2C3=C(CCS3)NC3=C2C(=O)CCC3)ccc1F. The van der Waals surface area contributed by atoms with Crippen LogP contribution in [-0.2, 0) is 4.79 Å². The smallest absolute Gasteiger partial charge is 0.161 e. The van der Waals surface area contributed by atoms with Crippen molar-refractivity contribution in [3.05, 3.63) is 57.0 Å². The maximum atomic E-state index is 13.6. The molecule has 0 saturated carbocycles. The molecule has 1 aromatic carbocycles. The summed E-state index contributed by atoms with van der Waals surface area (Å²) in [4.78, 5) is 13.8. The minimum Gasteiger partial charge on any atom is -0.361 e. The minimum absolute atomic E-state index is 0.00542. The Morgan fingerprint density at radius 2 is 2.09 bits per heavy atom. The number of halogens is 1. The summed E-state index contributed by atoms with van der Waals surface area (Å²) in [6.07, 6.45) is 3.53. The van der Waals surface area contributed by atoms with Crippen molar-refractivity contribution in [2.24, 2.45) is 0 Å². The molecule has 0 saturated heterocycles. The number of carbonyl (C=O) groups is 1. The van der Waals surface area contributed by atoms with Crippen molar-refractivity contribution in [3.8, 4) is 0 Å². The largest absolute Gasteiger partial charge is 0.361 e. The average Bonchev–Trinajstić information content (AvgIpc) is 2.96. The second-order valence-corrected chi connectivity index (χ2v) is 7.31. The van der Waals surface area contributed by atoms with Crippen LogP contribution in [0.4, 0.5) is 4.39 Å². The van der Waals surface area contributed by atoms with Gasteiger partial charge in [-0.05, 0) is 43.4 Å². The highest BCUT2D eigenvalue weighted by Gasteiger charge is 2.38. The van der Waals surface area contributed by atoms with Crippen LogP contribution >= 0.6 is 11.8 Å². The summed E-state index contributed by atoms with van der Waals surface area (Å²) in [5.41, 5.74) is 4.98. The van der Waals surface area contributed by atoms with Crippen LogP contribution in [0.1, 0.15) is 42.7 Å². The molecule has 2 heterocycles. The highest BCUT2D eigenvalue weighted by atomic mass is 32.2. The van der Waals surface area contributed by atoms with E-state index in [1.165, 1.54) is 16.7 Å². The van der Waals surface area contributed by atoms with Gasteiger partial charge in [-0.1, -0.05) is 12.1 Å². The lowest BCUT2D eigenvalue weighted by atomic mass is 9.79. The van der Waals surface area contributed by atoms with Gasteiger partial charge in [0, 0.05) is 40.0 Å². The van der Waals surface area contributed by atoms with Gasteiger partial charge >= 0.3 is 0 Å². The zero-order chi connectivity index (χ0) is 15.3. The first-order chi connectivity index (χ1) is 10.6. The maximum absolute atomic E-state index is 13.6. The Morgan fingerprint density at radius 3 is 2.91 bits per heavy atom. The fraction of sp³-hybridized carbons (Fsp3) is 0.389. The van der Waals surface area contributed by atoms with Crippen molar-refractivity contribution in [3.63, 3.8) is 0 Å². The Kier molecular flexibility index (Phi) is 3.37. The second kappa shape index (κ2) is 5.27. The fourth-order valence-electron chi connectivity index (χ4n) is 3.66. The van der Waals surface area contributed by atoms with Gasteiger partial charge in [0.1, 0.15) is 5.82 Å². The molecule has 0 fully saturated rings. The van der Waals surface area contributed by atoms with Gasteiger partial charge in [0.05, 0.1) is 0 Å². The molecule has 3 aliphatic rings. The number of dihydropyridines is 1. The maximum Gasteiger partial charge on any atom is 0.161 e. The van der Waals surface area contributed by atoms with E-state index in [1.807, 2.05) is 23.9 Å². The molecule has 2 aliphatic heterocycles.